The lowest BCUT2D eigenvalue weighted by Crippen LogP contribution is -2.50. The Morgan fingerprint density at radius 2 is 1.84 bits per heavy atom. The minimum atomic E-state index is -0.601. The van der Waals surface area contributed by atoms with Gasteiger partial charge in [-0.3, -0.25) is 9.59 Å². The van der Waals surface area contributed by atoms with Gasteiger partial charge in [-0.25, -0.2) is 0 Å². The van der Waals surface area contributed by atoms with Crippen molar-refractivity contribution >= 4 is 11.8 Å². The van der Waals surface area contributed by atoms with Gasteiger partial charge in [-0.2, -0.15) is 0 Å². The van der Waals surface area contributed by atoms with E-state index in [-0.39, 0.29) is 11.8 Å². The number of nitrogens with one attached hydrogen (secondary N) is 2. The molecule has 0 aromatic heterocycles. The summed E-state index contributed by atoms with van der Waals surface area (Å²) >= 11 is 0. The molecule has 0 aromatic carbocycles. The summed E-state index contributed by atoms with van der Waals surface area (Å²) in [5.74, 6) is -0.113. The lowest BCUT2D eigenvalue weighted by molar-refractivity contribution is -0.129. The third-order valence-electron chi connectivity index (χ3n) is 2.64. The molecule has 19 heavy (non-hydrogen) atoms. The van der Waals surface area contributed by atoms with Crippen molar-refractivity contribution in [1.29, 1.82) is 0 Å². The fourth-order valence-electron chi connectivity index (χ4n) is 1.42. The molecule has 2 amide bonds. The lowest BCUT2D eigenvalue weighted by atomic mass is 10.1. The summed E-state index contributed by atoms with van der Waals surface area (Å²) in [4.78, 5) is 23.4. The zero-order chi connectivity index (χ0) is 14.8. The van der Waals surface area contributed by atoms with Crippen LogP contribution in [-0.2, 0) is 14.3 Å². The van der Waals surface area contributed by atoms with Crippen LogP contribution in [0.5, 0.6) is 0 Å². The number of methoxy groups -OCH3 is 1. The zero-order valence-electron chi connectivity index (χ0n) is 12.4. The van der Waals surface area contributed by atoms with Gasteiger partial charge in [0.25, 0.3) is 0 Å². The fourth-order valence-corrected chi connectivity index (χ4v) is 1.42. The summed E-state index contributed by atoms with van der Waals surface area (Å²) in [6, 6.07) is -1.17. The first-order chi connectivity index (χ1) is 8.88. The summed E-state index contributed by atoms with van der Waals surface area (Å²) in [7, 11) is 1.60. The number of hydrogen-bond donors (Lipinski definition) is 3. The maximum Gasteiger partial charge on any atom is 0.242 e. The summed E-state index contributed by atoms with van der Waals surface area (Å²) in [5.41, 5.74) is 5.73. The summed E-state index contributed by atoms with van der Waals surface area (Å²) in [6.07, 6.45) is 1.26. The van der Waals surface area contributed by atoms with Crippen molar-refractivity contribution in [2.45, 2.75) is 45.7 Å². The molecule has 112 valence electrons. The Morgan fingerprint density at radius 3 is 2.37 bits per heavy atom. The minimum Gasteiger partial charge on any atom is -0.385 e. The second kappa shape index (κ2) is 9.75. The molecular formula is C13H27N3O3. The highest BCUT2D eigenvalue weighted by Gasteiger charge is 2.19. The zero-order valence-corrected chi connectivity index (χ0v) is 12.4. The highest BCUT2D eigenvalue weighted by atomic mass is 16.5. The van der Waals surface area contributed by atoms with E-state index in [0.717, 1.165) is 6.42 Å². The Balaban J connectivity index is 3.99. The molecule has 0 aliphatic heterocycles. The van der Waals surface area contributed by atoms with Crippen LogP contribution in [0.15, 0.2) is 0 Å². The summed E-state index contributed by atoms with van der Waals surface area (Å²) in [5, 5.41) is 5.38. The van der Waals surface area contributed by atoms with Gasteiger partial charge in [0.1, 0.15) is 6.04 Å². The number of carbonyl (C=O) groups is 2. The molecule has 2 atom stereocenters. The van der Waals surface area contributed by atoms with Crippen molar-refractivity contribution in [2.75, 3.05) is 20.3 Å². The Labute approximate surface area is 115 Å². The Morgan fingerprint density at radius 1 is 1.21 bits per heavy atom. The molecule has 0 fully saturated rings. The maximum atomic E-state index is 11.7. The van der Waals surface area contributed by atoms with Gasteiger partial charge in [0.2, 0.25) is 11.8 Å². The van der Waals surface area contributed by atoms with E-state index in [0.29, 0.717) is 25.5 Å². The van der Waals surface area contributed by atoms with Crippen LogP contribution < -0.4 is 16.4 Å². The monoisotopic (exact) mass is 273 g/mol. The molecule has 0 aromatic rings. The van der Waals surface area contributed by atoms with E-state index in [1.807, 2.05) is 13.8 Å². The second-order valence-electron chi connectivity index (χ2n) is 5.11. The molecule has 6 heteroatoms. The molecule has 0 radical (unpaired) electrons. The summed E-state index contributed by atoms with van der Waals surface area (Å²) < 4.78 is 4.89. The van der Waals surface area contributed by atoms with E-state index < -0.39 is 12.1 Å². The highest BCUT2D eigenvalue weighted by Crippen LogP contribution is 1.96. The topological polar surface area (TPSA) is 93.4 Å². The van der Waals surface area contributed by atoms with Crippen LogP contribution in [0.4, 0.5) is 0 Å². The van der Waals surface area contributed by atoms with Gasteiger partial charge < -0.3 is 21.1 Å². The molecule has 0 aliphatic carbocycles. The van der Waals surface area contributed by atoms with Crippen molar-refractivity contribution in [3.05, 3.63) is 0 Å². The highest BCUT2D eigenvalue weighted by molar-refractivity contribution is 5.89. The first-order valence-electron chi connectivity index (χ1n) is 6.71. The van der Waals surface area contributed by atoms with Crippen molar-refractivity contribution in [3.63, 3.8) is 0 Å². The van der Waals surface area contributed by atoms with Crippen molar-refractivity contribution < 1.29 is 14.3 Å². The number of rotatable bonds is 9. The van der Waals surface area contributed by atoms with E-state index >= 15 is 0 Å². The third kappa shape index (κ3) is 8.56. The van der Waals surface area contributed by atoms with Crippen LogP contribution in [0, 0.1) is 5.92 Å². The Hall–Kier alpha value is -1.14. The molecule has 0 rings (SSSR count). The number of amides is 2. The van der Waals surface area contributed by atoms with Crippen molar-refractivity contribution in [3.8, 4) is 0 Å². The van der Waals surface area contributed by atoms with Crippen molar-refractivity contribution in [1.82, 2.24) is 10.6 Å². The molecular weight excluding hydrogens is 246 g/mol. The molecule has 0 heterocycles. The standard InChI is InChI=1S/C13H27N3O3/c1-9(2)8-15-12(17)10(3)16-13(18)11(14)6-5-7-19-4/h9-11H,5-8,14H2,1-4H3,(H,15,17)(H,16,18). The molecule has 6 nitrogen and oxygen atoms in total. The normalized spacial score (nSPS) is 14.0. The Kier molecular flexibility index (Phi) is 9.16. The van der Waals surface area contributed by atoms with E-state index in [9.17, 15) is 9.59 Å². The van der Waals surface area contributed by atoms with Gasteiger partial charge in [0.15, 0.2) is 0 Å². The number of ether oxygens (including phenoxy) is 1. The summed E-state index contributed by atoms with van der Waals surface area (Å²) in [6.45, 7) is 6.84. The minimum absolute atomic E-state index is 0.189. The maximum absolute atomic E-state index is 11.7. The smallest absolute Gasteiger partial charge is 0.242 e. The number of nitrogens with two attached hydrogens (primary N) is 1. The van der Waals surface area contributed by atoms with E-state index in [1.54, 1.807) is 14.0 Å². The largest absolute Gasteiger partial charge is 0.385 e. The third-order valence-corrected chi connectivity index (χ3v) is 2.64. The lowest BCUT2D eigenvalue weighted by Gasteiger charge is -2.18. The molecule has 4 N–H and O–H groups in total. The van der Waals surface area contributed by atoms with Crippen LogP contribution in [0.25, 0.3) is 0 Å². The quantitative estimate of drug-likeness (QED) is 0.516. The van der Waals surface area contributed by atoms with Crippen LogP contribution in [0.3, 0.4) is 0 Å². The van der Waals surface area contributed by atoms with Crippen LogP contribution in [-0.4, -0.2) is 44.2 Å². The predicted octanol–water partition coefficient (Wildman–Crippen LogP) is 0.0172. The molecule has 0 bridgehead atoms. The first-order valence-corrected chi connectivity index (χ1v) is 6.71. The SMILES string of the molecule is COCCCC(N)C(=O)NC(C)C(=O)NCC(C)C. The molecule has 2 unspecified atom stereocenters. The molecule has 0 saturated heterocycles. The average molecular weight is 273 g/mol. The second-order valence-corrected chi connectivity index (χ2v) is 5.11. The van der Waals surface area contributed by atoms with Gasteiger partial charge in [0.05, 0.1) is 6.04 Å². The van der Waals surface area contributed by atoms with Gasteiger partial charge in [0, 0.05) is 20.3 Å². The van der Waals surface area contributed by atoms with Gasteiger partial charge in [-0.05, 0) is 25.7 Å². The number of hydrogen-bond acceptors (Lipinski definition) is 4. The Bertz CT molecular complexity index is 282. The van der Waals surface area contributed by atoms with Crippen LogP contribution in [0.1, 0.15) is 33.6 Å². The van der Waals surface area contributed by atoms with E-state index in [4.69, 9.17) is 10.5 Å². The molecule has 0 aliphatic rings. The van der Waals surface area contributed by atoms with Gasteiger partial charge >= 0.3 is 0 Å². The number of carbonyl (C=O) groups excluding carboxylic acids is 2. The molecule has 0 saturated carbocycles. The van der Waals surface area contributed by atoms with Crippen LogP contribution in [0.2, 0.25) is 0 Å². The van der Waals surface area contributed by atoms with Gasteiger partial charge in [-0.1, -0.05) is 13.8 Å². The van der Waals surface area contributed by atoms with Gasteiger partial charge in [-0.15, -0.1) is 0 Å². The van der Waals surface area contributed by atoms with E-state index in [2.05, 4.69) is 10.6 Å². The fraction of sp³-hybridized carbons (Fsp3) is 0.846. The predicted molar refractivity (Wildman–Crippen MR) is 74.5 cm³/mol. The van der Waals surface area contributed by atoms with E-state index in [1.165, 1.54) is 0 Å². The first kappa shape index (κ1) is 17.9. The van der Waals surface area contributed by atoms with Crippen LogP contribution >= 0.6 is 0 Å². The van der Waals surface area contributed by atoms with Crippen molar-refractivity contribution in [2.24, 2.45) is 11.7 Å². The average Bonchev–Trinajstić information content (AvgIpc) is 2.35. The molecule has 0 spiro atoms.